The minimum Gasteiger partial charge on any atom is -0.484 e. The van der Waals surface area contributed by atoms with Crippen LogP contribution in [0.5, 0.6) is 5.75 Å². The maximum Gasteiger partial charge on any atom is 0.257 e. The van der Waals surface area contributed by atoms with Gasteiger partial charge in [0.15, 0.2) is 6.61 Å². The average Bonchev–Trinajstić information content (AvgIpc) is 2.31. The Morgan fingerprint density at radius 1 is 1.59 bits per heavy atom. The summed E-state index contributed by atoms with van der Waals surface area (Å²) in [6.07, 6.45) is 0.277. The first kappa shape index (κ1) is 13.1. The zero-order chi connectivity index (χ0) is 12.7. The summed E-state index contributed by atoms with van der Waals surface area (Å²) in [4.78, 5) is 11.2. The number of anilines is 1. The third-order valence-corrected chi connectivity index (χ3v) is 2.23. The Balaban J connectivity index is 2.37. The Morgan fingerprint density at radius 2 is 2.35 bits per heavy atom. The lowest BCUT2D eigenvalue weighted by molar-refractivity contribution is -0.123. The van der Waals surface area contributed by atoms with Crippen molar-refractivity contribution in [3.63, 3.8) is 0 Å². The van der Waals surface area contributed by atoms with Crippen molar-refractivity contribution in [3.05, 3.63) is 23.2 Å². The van der Waals surface area contributed by atoms with E-state index in [1.54, 1.807) is 18.2 Å². The van der Waals surface area contributed by atoms with E-state index in [1.807, 2.05) is 6.07 Å². The van der Waals surface area contributed by atoms with E-state index in [1.165, 1.54) is 0 Å². The lowest BCUT2D eigenvalue weighted by Gasteiger charge is -2.07. The van der Waals surface area contributed by atoms with Crippen LogP contribution in [0.2, 0.25) is 5.02 Å². The van der Waals surface area contributed by atoms with E-state index in [0.717, 1.165) is 0 Å². The number of amides is 1. The number of nitrogen functional groups attached to an aromatic ring is 1. The van der Waals surface area contributed by atoms with Crippen LogP contribution in [-0.4, -0.2) is 19.1 Å². The largest absolute Gasteiger partial charge is 0.484 e. The zero-order valence-electron chi connectivity index (χ0n) is 9.07. The summed E-state index contributed by atoms with van der Waals surface area (Å²) in [5.41, 5.74) is 5.98. The van der Waals surface area contributed by atoms with Crippen LogP contribution < -0.4 is 15.8 Å². The Morgan fingerprint density at radius 3 is 3.00 bits per heavy atom. The molecular weight excluding hydrogens is 242 g/mol. The maximum absolute atomic E-state index is 11.2. The molecule has 0 aliphatic heterocycles. The molecule has 0 spiro atoms. The summed E-state index contributed by atoms with van der Waals surface area (Å²) in [6.45, 7) is 0.201. The van der Waals surface area contributed by atoms with Gasteiger partial charge in [-0.15, -0.1) is 0 Å². The van der Waals surface area contributed by atoms with Crippen LogP contribution in [-0.2, 0) is 4.79 Å². The highest BCUT2D eigenvalue weighted by atomic mass is 35.5. The molecule has 0 radical (unpaired) electrons. The Hall–Kier alpha value is -1.93. The number of halogens is 1. The molecule has 17 heavy (non-hydrogen) atoms. The van der Waals surface area contributed by atoms with Crippen LogP contribution >= 0.6 is 11.6 Å². The molecule has 90 valence electrons. The van der Waals surface area contributed by atoms with Crippen molar-refractivity contribution in [2.75, 3.05) is 18.9 Å². The van der Waals surface area contributed by atoms with E-state index in [-0.39, 0.29) is 18.9 Å². The highest BCUT2D eigenvalue weighted by molar-refractivity contribution is 6.33. The van der Waals surface area contributed by atoms with Gasteiger partial charge in [0.2, 0.25) is 0 Å². The van der Waals surface area contributed by atoms with Crippen LogP contribution in [0, 0.1) is 11.3 Å². The number of nitriles is 1. The summed E-state index contributed by atoms with van der Waals surface area (Å²) < 4.78 is 5.20. The molecule has 1 amide bonds. The summed E-state index contributed by atoms with van der Waals surface area (Å²) in [7, 11) is 0. The van der Waals surface area contributed by atoms with Crippen LogP contribution in [0.3, 0.4) is 0 Å². The number of nitrogens with zero attached hydrogens (tertiary/aromatic N) is 1. The highest BCUT2D eigenvalue weighted by Gasteiger charge is 2.03. The monoisotopic (exact) mass is 253 g/mol. The molecule has 6 heteroatoms. The fraction of sp³-hybridized carbons (Fsp3) is 0.273. The second kappa shape index (κ2) is 6.61. The molecule has 0 heterocycles. The average molecular weight is 254 g/mol. The Bertz CT molecular complexity index is 443. The van der Waals surface area contributed by atoms with Crippen molar-refractivity contribution in [2.45, 2.75) is 6.42 Å². The summed E-state index contributed by atoms with van der Waals surface area (Å²) in [5.74, 6) is 0.188. The molecule has 5 nitrogen and oxygen atoms in total. The molecule has 0 unspecified atom stereocenters. The minimum absolute atomic E-state index is 0.119. The summed E-state index contributed by atoms with van der Waals surface area (Å²) in [6, 6.07) is 6.70. The van der Waals surface area contributed by atoms with Gasteiger partial charge in [-0.05, 0) is 12.1 Å². The van der Waals surface area contributed by atoms with E-state index in [0.29, 0.717) is 23.0 Å². The lowest BCUT2D eigenvalue weighted by atomic mass is 10.3. The van der Waals surface area contributed by atoms with Gasteiger partial charge in [0.25, 0.3) is 5.91 Å². The van der Waals surface area contributed by atoms with E-state index >= 15 is 0 Å². The van der Waals surface area contributed by atoms with Crippen molar-refractivity contribution in [1.82, 2.24) is 5.32 Å². The summed E-state index contributed by atoms with van der Waals surface area (Å²) in [5, 5.41) is 11.2. The molecule has 1 rings (SSSR count). The van der Waals surface area contributed by atoms with Crippen LogP contribution in [0.1, 0.15) is 6.42 Å². The minimum atomic E-state index is -0.284. The van der Waals surface area contributed by atoms with Crippen molar-refractivity contribution in [2.24, 2.45) is 0 Å². The predicted molar refractivity (Wildman–Crippen MR) is 64.6 cm³/mol. The first-order chi connectivity index (χ1) is 8.13. The van der Waals surface area contributed by atoms with Crippen molar-refractivity contribution in [1.29, 1.82) is 5.26 Å². The number of rotatable bonds is 5. The van der Waals surface area contributed by atoms with Gasteiger partial charge < -0.3 is 15.8 Å². The molecule has 0 saturated carbocycles. The number of ether oxygens (including phenoxy) is 1. The second-order valence-electron chi connectivity index (χ2n) is 3.23. The topological polar surface area (TPSA) is 88.1 Å². The number of hydrogen-bond acceptors (Lipinski definition) is 4. The number of carbonyl (C=O) groups is 1. The van der Waals surface area contributed by atoms with E-state index in [4.69, 9.17) is 27.3 Å². The van der Waals surface area contributed by atoms with Gasteiger partial charge in [-0.2, -0.15) is 5.26 Å². The van der Waals surface area contributed by atoms with Crippen LogP contribution in [0.4, 0.5) is 5.69 Å². The molecule has 0 aliphatic rings. The number of hydrogen-bond donors (Lipinski definition) is 2. The number of carbonyl (C=O) groups excluding carboxylic acids is 1. The Kier molecular flexibility index (Phi) is 5.11. The molecule has 0 aliphatic carbocycles. The van der Waals surface area contributed by atoms with Gasteiger partial charge in [-0.3, -0.25) is 4.79 Å². The molecule has 0 saturated heterocycles. The molecule has 0 atom stereocenters. The van der Waals surface area contributed by atoms with Crippen LogP contribution in [0.25, 0.3) is 0 Å². The fourth-order valence-corrected chi connectivity index (χ4v) is 1.23. The normalized spacial score (nSPS) is 9.41. The van der Waals surface area contributed by atoms with Gasteiger partial charge in [0.05, 0.1) is 23.2 Å². The Labute approximate surface area is 104 Å². The molecule has 0 aromatic heterocycles. The van der Waals surface area contributed by atoms with Gasteiger partial charge >= 0.3 is 0 Å². The number of nitrogens with one attached hydrogen (secondary N) is 1. The fourth-order valence-electron chi connectivity index (χ4n) is 1.06. The van der Waals surface area contributed by atoms with E-state index in [2.05, 4.69) is 5.32 Å². The zero-order valence-corrected chi connectivity index (χ0v) is 9.83. The van der Waals surface area contributed by atoms with E-state index in [9.17, 15) is 4.79 Å². The van der Waals surface area contributed by atoms with Crippen molar-refractivity contribution < 1.29 is 9.53 Å². The van der Waals surface area contributed by atoms with Gasteiger partial charge in [-0.25, -0.2) is 0 Å². The standard InChI is InChI=1S/C11H12ClN3O2/c12-9-6-8(2-3-10(9)14)17-7-11(16)15-5-1-4-13/h2-3,6H,1,5,7,14H2,(H,15,16). The molecule has 3 N–H and O–H groups in total. The smallest absolute Gasteiger partial charge is 0.257 e. The lowest BCUT2D eigenvalue weighted by Crippen LogP contribution is -2.29. The highest BCUT2D eigenvalue weighted by Crippen LogP contribution is 2.23. The SMILES string of the molecule is N#CCCNC(=O)COc1ccc(N)c(Cl)c1. The van der Waals surface area contributed by atoms with E-state index < -0.39 is 0 Å². The molecule has 1 aromatic carbocycles. The van der Waals surface area contributed by atoms with Crippen LogP contribution in [0.15, 0.2) is 18.2 Å². The first-order valence-corrected chi connectivity index (χ1v) is 5.32. The summed E-state index contributed by atoms with van der Waals surface area (Å²) >= 11 is 5.79. The maximum atomic E-state index is 11.2. The molecule has 0 fully saturated rings. The third kappa shape index (κ3) is 4.62. The van der Waals surface area contributed by atoms with Gasteiger partial charge in [0.1, 0.15) is 5.75 Å². The molecule has 0 bridgehead atoms. The molecular formula is C11H12ClN3O2. The molecule has 1 aromatic rings. The second-order valence-corrected chi connectivity index (χ2v) is 3.64. The van der Waals surface area contributed by atoms with Gasteiger partial charge in [-0.1, -0.05) is 11.6 Å². The number of nitrogens with two attached hydrogens (primary N) is 1. The third-order valence-electron chi connectivity index (χ3n) is 1.90. The quantitative estimate of drug-likeness (QED) is 0.612. The van der Waals surface area contributed by atoms with Gasteiger partial charge in [0, 0.05) is 12.6 Å². The van der Waals surface area contributed by atoms with Crippen molar-refractivity contribution in [3.8, 4) is 11.8 Å². The van der Waals surface area contributed by atoms with Crippen molar-refractivity contribution >= 4 is 23.2 Å². The number of benzene rings is 1. The first-order valence-electron chi connectivity index (χ1n) is 4.95. The predicted octanol–water partition coefficient (Wildman–Crippen LogP) is 1.33.